The van der Waals surface area contributed by atoms with Gasteiger partial charge in [0.05, 0.1) is 6.61 Å². The maximum absolute atomic E-state index is 10.6. The van der Waals surface area contributed by atoms with Crippen molar-refractivity contribution in [3.8, 4) is 0 Å². The summed E-state index contributed by atoms with van der Waals surface area (Å²) in [5.74, 6) is -0.193. The van der Waals surface area contributed by atoms with E-state index in [1.165, 1.54) is 12.8 Å². The zero-order chi connectivity index (χ0) is 8.53. The summed E-state index contributed by atoms with van der Waals surface area (Å²) in [7, 11) is 0. The van der Waals surface area contributed by atoms with Crippen LogP contribution in [0.3, 0.4) is 0 Å². The van der Waals surface area contributed by atoms with Gasteiger partial charge in [-0.05, 0) is 6.42 Å². The van der Waals surface area contributed by atoms with Gasteiger partial charge in [-0.3, -0.25) is 0 Å². The number of carbonyl (C=O) groups is 1. The summed E-state index contributed by atoms with van der Waals surface area (Å²) in [4.78, 5) is 10.6. The summed E-state index contributed by atoms with van der Waals surface area (Å²) in [6.45, 7) is 2.96. The van der Waals surface area contributed by atoms with Gasteiger partial charge in [0, 0.05) is 0 Å². The average molecular weight is 160 g/mol. The van der Waals surface area contributed by atoms with Crippen LogP contribution in [-0.2, 0) is 9.53 Å². The van der Waals surface area contributed by atoms with Crippen LogP contribution in [-0.4, -0.2) is 19.1 Å². The predicted molar refractivity (Wildman–Crippen MR) is 42.9 cm³/mol. The average Bonchev–Trinajstić information content (AvgIpc) is 2.04. The van der Waals surface area contributed by atoms with Crippen molar-refractivity contribution in [2.45, 2.75) is 32.6 Å². The highest BCUT2D eigenvalue weighted by Gasteiger charge is 1.98. The maximum atomic E-state index is 10.6. The van der Waals surface area contributed by atoms with Crippen LogP contribution < -0.4 is 5.73 Å². The lowest BCUT2D eigenvalue weighted by Gasteiger charge is -2.00. The summed E-state index contributed by atoms with van der Waals surface area (Å²) in [5, 5.41) is 0. The van der Waals surface area contributed by atoms with E-state index in [9.17, 15) is 4.79 Å². The molecule has 0 bridgehead atoms. The lowest BCUT2D eigenvalue weighted by Crippen LogP contribution is -2.54. The summed E-state index contributed by atoms with van der Waals surface area (Å²) in [5.41, 5.74) is 3.43. The summed E-state index contributed by atoms with van der Waals surface area (Å²) in [6, 6.07) is 0. The Kier molecular flexibility index (Phi) is 7.15. The molecule has 11 heavy (non-hydrogen) atoms. The first-order valence-corrected chi connectivity index (χ1v) is 4.26. The number of ether oxygens (including phenoxy) is 1. The number of carbonyl (C=O) groups excluding carboxylic acids is 1. The molecule has 0 spiro atoms. The van der Waals surface area contributed by atoms with Gasteiger partial charge in [0.25, 0.3) is 0 Å². The molecule has 3 nitrogen and oxygen atoms in total. The monoisotopic (exact) mass is 160 g/mol. The maximum Gasteiger partial charge on any atom is 0.361 e. The van der Waals surface area contributed by atoms with E-state index in [4.69, 9.17) is 4.74 Å². The predicted octanol–water partition coefficient (Wildman–Crippen LogP) is 0.352. The second-order valence-electron chi connectivity index (χ2n) is 2.53. The fraction of sp³-hybridized carbons (Fsp3) is 0.875. The Balaban J connectivity index is 2.95. The lowest BCUT2D eigenvalue weighted by molar-refractivity contribution is -0.359. The summed E-state index contributed by atoms with van der Waals surface area (Å²) in [6.07, 6.45) is 4.58. The molecule has 0 rings (SSSR count). The number of quaternary nitrogens is 1. The quantitative estimate of drug-likeness (QED) is 0.450. The van der Waals surface area contributed by atoms with Crippen molar-refractivity contribution in [2.24, 2.45) is 0 Å². The molecule has 0 fully saturated rings. The van der Waals surface area contributed by atoms with Gasteiger partial charge in [-0.25, -0.2) is 4.79 Å². The molecule has 0 aromatic rings. The highest BCUT2D eigenvalue weighted by Crippen LogP contribution is 1.98. The number of esters is 1. The molecule has 0 heterocycles. The molecule has 0 saturated carbocycles. The molecule has 0 atom stereocenters. The molecular formula is C8H18NO2+. The minimum atomic E-state index is -0.193. The van der Waals surface area contributed by atoms with Crippen LogP contribution >= 0.6 is 0 Å². The highest BCUT2D eigenvalue weighted by atomic mass is 16.5. The Morgan fingerprint density at radius 3 is 2.64 bits per heavy atom. The lowest BCUT2D eigenvalue weighted by atomic mass is 10.2. The Hall–Kier alpha value is -0.570. The van der Waals surface area contributed by atoms with Gasteiger partial charge in [-0.15, -0.1) is 0 Å². The van der Waals surface area contributed by atoms with Crippen LogP contribution in [0.5, 0.6) is 0 Å². The van der Waals surface area contributed by atoms with Gasteiger partial charge >= 0.3 is 5.97 Å². The van der Waals surface area contributed by atoms with Crippen LogP contribution in [0.15, 0.2) is 0 Å². The third-order valence-corrected chi connectivity index (χ3v) is 1.47. The third kappa shape index (κ3) is 7.33. The molecule has 3 heteroatoms. The van der Waals surface area contributed by atoms with E-state index < -0.39 is 0 Å². The second-order valence-corrected chi connectivity index (χ2v) is 2.53. The minimum Gasteiger partial charge on any atom is -0.462 e. The van der Waals surface area contributed by atoms with Crippen LogP contribution in [0.2, 0.25) is 0 Å². The number of unbranched alkanes of at least 4 members (excludes halogenated alkanes) is 3. The van der Waals surface area contributed by atoms with Crippen molar-refractivity contribution in [1.29, 1.82) is 0 Å². The molecule has 0 radical (unpaired) electrons. The van der Waals surface area contributed by atoms with Gasteiger partial charge in [-0.1, -0.05) is 26.2 Å². The molecule has 0 aliphatic heterocycles. The third-order valence-electron chi connectivity index (χ3n) is 1.47. The van der Waals surface area contributed by atoms with Crippen molar-refractivity contribution in [1.82, 2.24) is 0 Å². The topological polar surface area (TPSA) is 53.9 Å². The number of hydrogen-bond donors (Lipinski definition) is 1. The fourth-order valence-corrected chi connectivity index (χ4v) is 0.787. The van der Waals surface area contributed by atoms with Crippen molar-refractivity contribution >= 4 is 5.97 Å². The molecule has 0 amide bonds. The van der Waals surface area contributed by atoms with E-state index in [-0.39, 0.29) is 12.5 Å². The standard InChI is InChI=1S/C8H17NO2/c1-2-3-4-5-6-11-8(10)7-9/h2-7,9H2,1H3/p+1. The van der Waals surface area contributed by atoms with Crippen molar-refractivity contribution < 1.29 is 15.3 Å². The summed E-state index contributed by atoms with van der Waals surface area (Å²) < 4.78 is 4.84. The fourth-order valence-electron chi connectivity index (χ4n) is 0.787. The first-order valence-electron chi connectivity index (χ1n) is 4.26. The van der Waals surface area contributed by atoms with E-state index in [1.54, 1.807) is 0 Å². The first kappa shape index (κ1) is 10.4. The van der Waals surface area contributed by atoms with Crippen molar-refractivity contribution in [2.75, 3.05) is 13.2 Å². The number of rotatable bonds is 6. The van der Waals surface area contributed by atoms with Crippen LogP contribution in [0.1, 0.15) is 32.6 Å². The molecule has 3 N–H and O–H groups in total. The van der Waals surface area contributed by atoms with Crippen LogP contribution in [0, 0.1) is 0 Å². The van der Waals surface area contributed by atoms with Gasteiger partial charge in [0.15, 0.2) is 6.54 Å². The van der Waals surface area contributed by atoms with E-state index in [0.29, 0.717) is 6.61 Å². The van der Waals surface area contributed by atoms with Gasteiger partial charge in [0.1, 0.15) is 0 Å². The van der Waals surface area contributed by atoms with Crippen LogP contribution in [0.25, 0.3) is 0 Å². The minimum absolute atomic E-state index is 0.193. The normalized spacial score (nSPS) is 9.64. The molecule has 0 aliphatic carbocycles. The second kappa shape index (κ2) is 7.54. The smallest absolute Gasteiger partial charge is 0.361 e. The largest absolute Gasteiger partial charge is 0.462 e. The number of hydrogen-bond acceptors (Lipinski definition) is 2. The van der Waals surface area contributed by atoms with Crippen molar-refractivity contribution in [3.63, 3.8) is 0 Å². The van der Waals surface area contributed by atoms with Gasteiger partial charge in [-0.2, -0.15) is 0 Å². The molecule has 0 unspecified atom stereocenters. The molecule has 0 saturated heterocycles. The van der Waals surface area contributed by atoms with Gasteiger partial charge < -0.3 is 10.5 Å². The van der Waals surface area contributed by atoms with E-state index >= 15 is 0 Å². The highest BCUT2D eigenvalue weighted by molar-refractivity contribution is 5.69. The first-order chi connectivity index (χ1) is 5.31. The Bertz CT molecular complexity index is 104. The van der Waals surface area contributed by atoms with E-state index in [2.05, 4.69) is 12.7 Å². The van der Waals surface area contributed by atoms with E-state index in [0.717, 1.165) is 12.8 Å². The molecule has 0 aromatic carbocycles. The summed E-state index contributed by atoms with van der Waals surface area (Å²) >= 11 is 0. The molecule has 0 aliphatic rings. The Morgan fingerprint density at radius 1 is 1.36 bits per heavy atom. The SMILES string of the molecule is CCCCCCOC(=O)C[NH3+]. The zero-order valence-corrected chi connectivity index (χ0v) is 7.27. The molecule has 66 valence electrons. The Labute approximate surface area is 67.9 Å². The molecule has 0 aromatic heterocycles. The van der Waals surface area contributed by atoms with E-state index in [1.807, 2.05) is 0 Å². The Morgan fingerprint density at radius 2 is 2.09 bits per heavy atom. The van der Waals surface area contributed by atoms with Gasteiger partial charge in [0.2, 0.25) is 0 Å². The van der Waals surface area contributed by atoms with Crippen LogP contribution in [0.4, 0.5) is 0 Å². The zero-order valence-electron chi connectivity index (χ0n) is 7.27. The molecular weight excluding hydrogens is 142 g/mol. The van der Waals surface area contributed by atoms with Crippen molar-refractivity contribution in [3.05, 3.63) is 0 Å².